The fourth-order valence-electron chi connectivity index (χ4n) is 3.03. The number of fused-ring (bicyclic) bond motifs is 3. The van der Waals surface area contributed by atoms with Gasteiger partial charge in [0.2, 0.25) is 0 Å². The molecule has 0 aliphatic heterocycles. The van der Waals surface area contributed by atoms with Crippen molar-refractivity contribution < 1.29 is 4.74 Å². The fourth-order valence-corrected chi connectivity index (χ4v) is 3.03. The lowest BCUT2D eigenvalue weighted by atomic mass is 9.95. The smallest absolute Gasteiger partial charge is 0.152 e. The van der Waals surface area contributed by atoms with Gasteiger partial charge in [-0.05, 0) is 19.9 Å². The Kier molecular flexibility index (Phi) is 3.79. The van der Waals surface area contributed by atoms with Crippen LogP contribution in [-0.4, -0.2) is 27.2 Å². The Morgan fingerprint density at radius 1 is 1.08 bits per heavy atom. The molecule has 2 N–H and O–H groups in total. The molecule has 128 valence electrons. The first kappa shape index (κ1) is 16.7. The second-order valence-corrected chi connectivity index (χ2v) is 7.95. The maximum atomic E-state index is 6.23. The van der Waals surface area contributed by atoms with Crippen LogP contribution in [0.15, 0.2) is 24.3 Å². The summed E-state index contributed by atoms with van der Waals surface area (Å²) in [6.07, 6.45) is 0. The molecule has 0 aliphatic rings. The van der Waals surface area contributed by atoms with Crippen LogP contribution in [-0.2, 0) is 16.7 Å². The number of imidazole rings is 1. The van der Waals surface area contributed by atoms with E-state index in [9.17, 15) is 0 Å². The fraction of sp³-hybridized carbons (Fsp3) is 0.474. The minimum atomic E-state index is -0.313. The summed E-state index contributed by atoms with van der Waals surface area (Å²) in [6, 6.07) is 8.06. The third-order valence-corrected chi connectivity index (χ3v) is 4.37. The summed E-state index contributed by atoms with van der Waals surface area (Å²) in [5.74, 6) is 1.47. The van der Waals surface area contributed by atoms with Crippen molar-refractivity contribution in [3.63, 3.8) is 0 Å². The van der Waals surface area contributed by atoms with Crippen molar-refractivity contribution in [3.05, 3.63) is 30.1 Å². The summed E-state index contributed by atoms with van der Waals surface area (Å²) in [7, 11) is 1.74. The van der Waals surface area contributed by atoms with E-state index in [4.69, 9.17) is 15.5 Å². The number of nitrogen functional groups attached to an aromatic ring is 1. The van der Waals surface area contributed by atoms with Gasteiger partial charge in [0.25, 0.3) is 0 Å². The summed E-state index contributed by atoms with van der Waals surface area (Å²) in [4.78, 5) is 9.40. The Hall–Kier alpha value is -2.14. The third-order valence-electron chi connectivity index (χ3n) is 4.37. The molecule has 3 rings (SSSR count). The number of rotatable bonds is 3. The number of benzene rings is 1. The first-order valence-corrected chi connectivity index (χ1v) is 8.24. The molecule has 0 bridgehead atoms. The number of hydrogen-bond donors (Lipinski definition) is 1. The van der Waals surface area contributed by atoms with Crippen LogP contribution < -0.4 is 5.73 Å². The van der Waals surface area contributed by atoms with Crippen molar-refractivity contribution in [2.45, 2.75) is 52.2 Å². The van der Waals surface area contributed by atoms with Gasteiger partial charge in [-0.3, -0.25) is 0 Å². The largest absolute Gasteiger partial charge is 0.382 e. The van der Waals surface area contributed by atoms with Gasteiger partial charge in [-0.25, -0.2) is 9.97 Å². The van der Waals surface area contributed by atoms with Crippen LogP contribution >= 0.6 is 0 Å². The second kappa shape index (κ2) is 5.45. The van der Waals surface area contributed by atoms with Gasteiger partial charge in [0, 0.05) is 17.9 Å². The molecule has 0 saturated carbocycles. The van der Waals surface area contributed by atoms with Crippen LogP contribution in [0.5, 0.6) is 0 Å². The predicted molar refractivity (Wildman–Crippen MR) is 99.2 cm³/mol. The first-order valence-electron chi connectivity index (χ1n) is 8.24. The van der Waals surface area contributed by atoms with E-state index in [1.807, 2.05) is 18.2 Å². The van der Waals surface area contributed by atoms with Crippen LogP contribution in [0.25, 0.3) is 21.9 Å². The summed E-state index contributed by atoms with van der Waals surface area (Å²) < 4.78 is 7.92. The molecule has 0 saturated heterocycles. The molecule has 1 aromatic carbocycles. The minimum Gasteiger partial charge on any atom is -0.382 e. The van der Waals surface area contributed by atoms with E-state index >= 15 is 0 Å². The van der Waals surface area contributed by atoms with Crippen LogP contribution in [0.2, 0.25) is 0 Å². The lowest BCUT2D eigenvalue weighted by Crippen LogP contribution is -2.32. The molecule has 5 heteroatoms. The zero-order valence-corrected chi connectivity index (χ0v) is 15.3. The average molecular weight is 326 g/mol. The van der Waals surface area contributed by atoms with Crippen LogP contribution in [0, 0.1) is 0 Å². The number of nitrogens with two attached hydrogens (primary N) is 1. The molecule has 2 aromatic heterocycles. The summed E-state index contributed by atoms with van der Waals surface area (Å²) in [5, 5.41) is 1.07. The molecule has 5 nitrogen and oxygen atoms in total. The molecule has 0 atom stereocenters. The van der Waals surface area contributed by atoms with E-state index in [0.29, 0.717) is 12.4 Å². The molecular weight excluding hydrogens is 300 g/mol. The zero-order chi connectivity index (χ0) is 17.7. The summed E-state index contributed by atoms with van der Waals surface area (Å²) >= 11 is 0. The number of aromatic nitrogens is 3. The lowest BCUT2D eigenvalue weighted by molar-refractivity contribution is 0.00798. The van der Waals surface area contributed by atoms with Crippen molar-refractivity contribution in [2.75, 3.05) is 12.8 Å². The minimum absolute atomic E-state index is 0.115. The van der Waals surface area contributed by atoms with Crippen molar-refractivity contribution in [1.29, 1.82) is 0 Å². The van der Waals surface area contributed by atoms with Gasteiger partial charge in [0.1, 0.15) is 11.3 Å². The Morgan fingerprint density at radius 2 is 1.75 bits per heavy atom. The average Bonchev–Trinajstić information content (AvgIpc) is 2.87. The van der Waals surface area contributed by atoms with Gasteiger partial charge >= 0.3 is 0 Å². The van der Waals surface area contributed by atoms with Gasteiger partial charge < -0.3 is 15.0 Å². The van der Waals surface area contributed by atoms with E-state index < -0.39 is 0 Å². The maximum absolute atomic E-state index is 6.23. The quantitative estimate of drug-likeness (QED) is 0.793. The molecule has 2 heterocycles. The highest BCUT2D eigenvalue weighted by atomic mass is 16.5. The van der Waals surface area contributed by atoms with Crippen LogP contribution in [0.1, 0.15) is 40.4 Å². The highest BCUT2D eigenvalue weighted by Gasteiger charge is 2.29. The highest BCUT2D eigenvalue weighted by molar-refractivity contribution is 6.06. The number of para-hydroxylation sites is 1. The van der Waals surface area contributed by atoms with Crippen molar-refractivity contribution in [3.8, 4) is 0 Å². The van der Waals surface area contributed by atoms with Crippen LogP contribution in [0.3, 0.4) is 0 Å². The number of anilines is 1. The molecule has 0 fully saturated rings. The molecule has 0 unspecified atom stereocenters. The molecule has 0 amide bonds. The number of ether oxygens (including phenoxy) is 1. The standard InChI is InChI=1S/C19H26N4O/c1-18(2,3)17-22-14-15(23(17)11-19(4,5)24-6)12-9-7-8-10-13(12)21-16(14)20/h7-10H,11H2,1-6H3,(H2,20,21). The topological polar surface area (TPSA) is 66.0 Å². The number of nitrogens with zero attached hydrogens (tertiary/aromatic N) is 3. The van der Waals surface area contributed by atoms with Gasteiger partial charge in [-0.15, -0.1) is 0 Å². The third kappa shape index (κ3) is 2.73. The van der Waals surface area contributed by atoms with Crippen LogP contribution in [0.4, 0.5) is 5.82 Å². The van der Waals surface area contributed by atoms with Gasteiger partial charge in [-0.2, -0.15) is 0 Å². The number of hydrogen-bond acceptors (Lipinski definition) is 4. The van der Waals surface area contributed by atoms with E-state index in [0.717, 1.165) is 27.8 Å². The summed E-state index contributed by atoms with van der Waals surface area (Å²) in [6.45, 7) is 11.3. The highest BCUT2D eigenvalue weighted by Crippen LogP contribution is 2.34. The van der Waals surface area contributed by atoms with Crippen molar-refractivity contribution in [1.82, 2.24) is 14.5 Å². The Bertz CT molecular complexity index is 903. The molecular formula is C19H26N4O. The Morgan fingerprint density at radius 3 is 2.38 bits per heavy atom. The maximum Gasteiger partial charge on any atom is 0.152 e. The van der Waals surface area contributed by atoms with Crippen molar-refractivity contribution in [2.24, 2.45) is 0 Å². The number of pyridine rings is 1. The molecule has 0 spiro atoms. The van der Waals surface area contributed by atoms with Crippen molar-refractivity contribution >= 4 is 27.8 Å². The zero-order valence-electron chi connectivity index (χ0n) is 15.3. The molecule has 0 aliphatic carbocycles. The van der Waals surface area contributed by atoms with E-state index in [1.165, 1.54) is 0 Å². The molecule has 0 radical (unpaired) electrons. The van der Waals surface area contributed by atoms with E-state index in [2.05, 4.69) is 50.2 Å². The first-order chi connectivity index (χ1) is 11.1. The lowest BCUT2D eigenvalue weighted by Gasteiger charge is -2.28. The normalized spacial score (nSPS) is 13.1. The van der Waals surface area contributed by atoms with Gasteiger partial charge in [0.05, 0.1) is 23.2 Å². The molecule has 24 heavy (non-hydrogen) atoms. The Balaban J connectivity index is 2.44. The monoisotopic (exact) mass is 326 g/mol. The second-order valence-electron chi connectivity index (χ2n) is 7.95. The SMILES string of the molecule is COC(C)(C)Cn1c(C(C)(C)C)nc2c(N)nc3ccccc3c21. The van der Waals surface area contributed by atoms with Gasteiger partial charge in [-0.1, -0.05) is 39.0 Å². The van der Waals surface area contributed by atoms with E-state index in [-0.39, 0.29) is 11.0 Å². The van der Waals surface area contributed by atoms with E-state index in [1.54, 1.807) is 7.11 Å². The number of methoxy groups -OCH3 is 1. The predicted octanol–water partition coefficient (Wildman–Crippen LogP) is 3.89. The molecule has 3 aromatic rings. The summed E-state index contributed by atoms with van der Waals surface area (Å²) in [5.41, 5.74) is 8.49. The Labute approximate surface area is 142 Å². The van der Waals surface area contributed by atoms with Gasteiger partial charge in [0.15, 0.2) is 5.82 Å².